The lowest BCUT2D eigenvalue weighted by atomic mass is 9.96. The summed E-state index contributed by atoms with van der Waals surface area (Å²) in [5.74, 6) is 0.798. The summed E-state index contributed by atoms with van der Waals surface area (Å²) in [4.78, 5) is 17.3. The van der Waals surface area contributed by atoms with Crippen LogP contribution < -0.4 is 0 Å². The largest absolute Gasteiger partial charge is 0.381 e. The van der Waals surface area contributed by atoms with Crippen molar-refractivity contribution in [1.82, 2.24) is 9.97 Å². The minimum atomic E-state index is -0.398. The van der Waals surface area contributed by atoms with E-state index in [2.05, 4.69) is 9.97 Å². The van der Waals surface area contributed by atoms with E-state index in [1.54, 1.807) is 6.92 Å². The molecule has 1 saturated heterocycles. The van der Waals surface area contributed by atoms with E-state index in [0.29, 0.717) is 24.7 Å². The number of aryl methyl sites for hydroxylation is 1. The number of hydrogen-bond donors (Lipinski definition) is 1. The van der Waals surface area contributed by atoms with Crippen LogP contribution in [0.2, 0.25) is 0 Å². The number of aromatic amines is 1. The molecule has 1 aliphatic heterocycles. The van der Waals surface area contributed by atoms with Gasteiger partial charge in [0, 0.05) is 26.1 Å². The topological polar surface area (TPSA) is 81.1 Å². The van der Waals surface area contributed by atoms with Crippen LogP contribution in [0.1, 0.15) is 30.3 Å². The number of nitro groups is 1. The number of H-pyrrole nitrogens is 1. The summed E-state index contributed by atoms with van der Waals surface area (Å²) in [6.07, 6.45) is 1.62. The first-order valence-corrected chi connectivity index (χ1v) is 4.97. The lowest BCUT2D eigenvalue weighted by Gasteiger charge is -2.19. The van der Waals surface area contributed by atoms with Crippen LogP contribution in [0.5, 0.6) is 0 Å². The van der Waals surface area contributed by atoms with Crippen LogP contribution in [0.4, 0.5) is 5.82 Å². The van der Waals surface area contributed by atoms with Crippen molar-refractivity contribution in [3.05, 3.63) is 21.6 Å². The smallest absolute Gasteiger partial charge is 0.344 e. The third-order valence-corrected chi connectivity index (χ3v) is 2.62. The molecule has 1 aromatic heterocycles. The molecule has 1 aromatic rings. The highest BCUT2D eigenvalue weighted by Crippen LogP contribution is 2.31. The van der Waals surface area contributed by atoms with Crippen LogP contribution in [0, 0.1) is 17.0 Å². The van der Waals surface area contributed by atoms with Crippen molar-refractivity contribution in [2.75, 3.05) is 13.2 Å². The second-order valence-electron chi connectivity index (χ2n) is 3.70. The van der Waals surface area contributed by atoms with Gasteiger partial charge in [0.15, 0.2) is 5.82 Å². The Hall–Kier alpha value is -1.43. The molecule has 6 heteroatoms. The quantitative estimate of drug-likeness (QED) is 0.594. The molecule has 0 aliphatic carbocycles. The molecule has 1 N–H and O–H groups in total. The predicted molar refractivity (Wildman–Crippen MR) is 52.8 cm³/mol. The number of nitrogens with one attached hydrogen (secondary N) is 1. The third-order valence-electron chi connectivity index (χ3n) is 2.62. The van der Waals surface area contributed by atoms with E-state index in [0.717, 1.165) is 12.8 Å². The number of ether oxygens (including phenoxy) is 1. The fourth-order valence-corrected chi connectivity index (χ4v) is 1.89. The van der Waals surface area contributed by atoms with Crippen molar-refractivity contribution in [3.8, 4) is 0 Å². The first kappa shape index (κ1) is 10.1. The maximum atomic E-state index is 10.8. The van der Waals surface area contributed by atoms with Gasteiger partial charge in [-0.15, -0.1) is 0 Å². The molecule has 0 spiro atoms. The molecular formula is C9H13N3O3. The van der Waals surface area contributed by atoms with E-state index in [9.17, 15) is 10.1 Å². The molecule has 0 radical (unpaired) electrons. The molecule has 6 nitrogen and oxygen atoms in total. The first-order chi connectivity index (χ1) is 7.18. The molecule has 0 atom stereocenters. The van der Waals surface area contributed by atoms with Crippen LogP contribution in [0.15, 0.2) is 0 Å². The van der Waals surface area contributed by atoms with E-state index in [-0.39, 0.29) is 11.7 Å². The number of hydrogen-bond acceptors (Lipinski definition) is 4. The molecule has 2 heterocycles. The van der Waals surface area contributed by atoms with Gasteiger partial charge in [0.05, 0.1) is 0 Å². The Morgan fingerprint density at radius 1 is 1.53 bits per heavy atom. The Bertz CT molecular complexity index is 369. The summed E-state index contributed by atoms with van der Waals surface area (Å²) in [6.45, 7) is 3.05. The molecule has 2 rings (SSSR count). The summed E-state index contributed by atoms with van der Waals surface area (Å²) in [5, 5.41) is 10.8. The van der Waals surface area contributed by atoms with Crippen LogP contribution in [0.25, 0.3) is 0 Å². The molecule has 0 saturated carbocycles. The molecule has 0 bridgehead atoms. The Morgan fingerprint density at radius 3 is 2.80 bits per heavy atom. The fourth-order valence-electron chi connectivity index (χ4n) is 1.89. The highest BCUT2D eigenvalue weighted by Gasteiger charge is 2.27. The second kappa shape index (κ2) is 3.98. The SMILES string of the molecule is Cc1nc(C2CCOCC2)c([N+](=O)[O-])[nH]1. The van der Waals surface area contributed by atoms with E-state index in [4.69, 9.17) is 4.74 Å². The van der Waals surface area contributed by atoms with Crippen molar-refractivity contribution in [2.45, 2.75) is 25.7 Å². The summed E-state index contributed by atoms with van der Waals surface area (Å²) in [6, 6.07) is 0. The normalized spacial score (nSPS) is 17.9. The fraction of sp³-hybridized carbons (Fsp3) is 0.667. The first-order valence-electron chi connectivity index (χ1n) is 4.97. The van der Waals surface area contributed by atoms with Gasteiger partial charge in [-0.05, 0) is 17.8 Å². The van der Waals surface area contributed by atoms with Gasteiger partial charge in [-0.25, -0.2) is 9.97 Å². The molecule has 0 unspecified atom stereocenters. The Morgan fingerprint density at radius 2 is 2.20 bits per heavy atom. The maximum absolute atomic E-state index is 10.8. The van der Waals surface area contributed by atoms with Crippen LogP contribution in [0.3, 0.4) is 0 Å². The van der Waals surface area contributed by atoms with Crippen molar-refractivity contribution < 1.29 is 9.66 Å². The molecule has 15 heavy (non-hydrogen) atoms. The van der Waals surface area contributed by atoms with Gasteiger partial charge in [-0.2, -0.15) is 0 Å². The minimum Gasteiger partial charge on any atom is -0.381 e. The van der Waals surface area contributed by atoms with Crippen LogP contribution in [-0.2, 0) is 4.74 Å². The van der Waals surface area contributed by atoms with E-state index >= 15 is 0 Å². The summed E-state index contributed by atoms with van der Waals surface area (Å²) >= 11 is 0. The van der Waals surface area contributed by atoms with Gasteiger partial charge < -0.3 is 14.9 Å². The second-order valence-corrected chi connectivity index (χ2v) is 3.70. The number of rotatable bonds is 2. The molecular weight excluding hydrogens is 198 g/mol. The lowest BCUT2D eigenvalue weighted by Crippen LogP contribution is -2.15. The Kier molecular flexibility index (Phi) is 2.68. The average molecular weight is 211 g/mol. The van der Waals surface area contributed by atoms with Crippen LogP contribution >= 0.6 is 0 Å². The minimum absolute atomic E-state index is 0.0411. The van der Waals surface area contributed by atoms with Gasteiger partial charge in [0.25, 0.3) is 0 Å². The Balaban J connectivity index is 2.28. The van der Waals surface area contributed by atoms with Gasteiger partial charge in [-0.1, -0.05) is 0 Å². The van der Waals surface area contributed by atoms with Gasteiger partial charge in [0.1, 0.15) is 5.69 Å². The maximum Gasteiger partial charge on any atom is 0.344 e. The van der Waals surface area contributed by atoms with E-state index in [1.807, 2.05) is 0 Å². The highest BCUT2D eigenvalue weighted by molar-refractivity contribution is 5.31. The molecule has 82 valence electrons. The number of imidazole rings is 1. The van der Waals surface area contributed by atoms with Gasteiger partial charge >= 0.3 is 5.82 Å². The Labute approximate surface area is 86.8 Å². The van der Waals surface area contributed by atoms with Crippen molar-refractivity contribution in [1.29, 1.82) is 0 Å². The zero-order chi connectivity index (χ0) is 10.8. The van der Waals surface area contributed by atoms with Crippen LogP contribution in [-0.4, -0.2) is 28.1 Å². The van der Waals surface area contributed by atoms with Gasteiger partial charge in [-0.3, -0.25) is 0 Å². The van der Waals surface area contributed by atoms with E-state index < -0.39 is 4.92 Å². The lowest BCUT2D eigenvalue weighted by molar-refractivity contribution is -0.390. The van der Waals surface area contributed by atoms with E-state index in [1.165, 1.54) is 0 Å². The number of nitrogens with zero attached hydrogens (tertiary/aromatic N) is 2. The van der Waals surface area contributed by atoms with Crippen molar-refractivity contribution in [2.24, 2.45) is 0 Å². The molecule has 0 aromatic carbocycles. The van der Waals surface area contributed by atoms with Crippen molar-refractivity contribution >= 4 is 5.82 Å². The monoisotopic (exact) mass is 211 g/mol. The molecule has 0 amide bonds. The summed E-state index contributed by atoms with van der Waals surface area (Å²) in [5.41, 5.74) is 0.584. The molecule has 1 fully saturated rings. The standard InChI is InChI=1S/C9H13N3O3/c1-6-10-8(9(11-6)12(13)14)7-2-4-15-5-3-7/h7H,2-5H2,1H3,(H,10,11). The highest BCUT2D eigenvalue weighted by atomic mass is 16.6. The number of aromatic nitrogens is 2. The third kappa shape index (κ3) is 1.99. The van der Waals surface area contributed by atoms with Crippen molar-refractivity contribution in [3.63, 3.8) is 0 Å². The summed E-state index contributed by atoms with van der Waals surface area (Å²) in [7, 11) is 0. The zero-order valence-electron chi connectivity index (χ0n) is 8.52. The average Bonchev–Trinajstić information content (AvgIpc) is 2.62. The summed E-state index contributed by atoms with van der Waals surface area (Å²) < 4.78 is 5.22. The molecule has 1 aliphatic rings. The van der Waals surface area contributed by atoms with Gasteiger partial charge in [0.2, 0.25) is 0 Å². The predicted octanol–water partition coefficient (Wildman–Crippen LogP) is 1.52. The zero-order valence-corrected chi connectivity index (χ0v) is 8.52.